The molecule has 4 aromatic rings. The lowest BCUT2D eigenvalue weighted by Crippen LogP contribution is -2.56. The van der Waals surface area contributed by atoms with Gasteiger partial charge in [0.1, 0.15) is 12.1 Å². The van der Waals surface area contributed by atoms with Crippen molar-refractivity contribution in [1.29, 1.82) is 0 Å². The summed E-state index contributed by atoms with van der Waals surface area (Å²) in [4.78, 5) is 54.7. The SMILES string of the molecule is CC(C)CC(NC(=O)c1cccs1)C(=O)NC(Cc1ccccc1)C(=O)NC(=O)[C@H](Cc1ccccc1)C[C@H](O)[C@@H](N)Cc1ccccc1. The van der Waals surface area contributed by atoms with Gasteiger partial charge in [0, 0.05) is 18.4 Å². The number of aliphatic hydroxyl groups excluding tert-OH is 1. The molecule has 10 heteroatoms. The summed E-state index contributed by atoms with van der Waals surface area (Å²) in [6.45, 7) is 3.88. The van der Waals surface area contributed by atoms with Crippen LogP contribution in [0.1, 0.15) is 53.1 Å². The number of carbonyl (C=O) groups excluding carboxylic acids is 4. The molecule has 5 atom stereocenters. The van der Waals surface area contributed by atoms with Crippen LogP contribution in [0.25, 0.3) is 0 Å². The Morgan fingerprint density at radius 3 is 1.73 bits per heavy atom. The first-order valence-corrected chi connectivity index (χ1v) is 17.5. The Balaban J connectivity index is 1.51. The van der Waals surface area contributed by atoms with E-state index in [2.05, 4.69) is 16.0 Å². The molecular weight excluding hydrogens is 637 g/mol. The third kappa shape index (κ3) is 12.1. The van der Waals surface area contributed by atoms with Crippen molar-refractivity contribution in [1.82, 2.24) is 16.0 Å². The number of hydrogen-bond acceptors (Lipinski definition) is 7. The van der Waals surface area contributed by atoms with Gasteiger partial charge in [-0.25, -0.2) is 0 Å². The van der Waals surface area contributed by atoms with Gasteiger partial charge in [-0.2, -0.15) is 0 Å². The summed E-state index contributed by atoms with van der Waals surface area (Å²) in [7, 11) is 0. The summed E-state index contributed by atoms with van der Waals surface area (Å²) in [5.74, 6) is -2.86. The molecule has 6 N–H and O–H groups in total. The predicted octanol–water partition coefficient (Wildman–Crippen LogP) is 4.44. The highest BCUT2D eigenvalue weighted by Crippen LogP contribution is 2.19. The molecule has 1 aromatic heterocycles. The van der Waals surface area contributed by atoms with Gasteiger partial charge in [-0.05, 0) is 59.7 Å². The van der Waals surface area contributed by atoms with E-state index < -0.39 is 47.9 Å². The smallest absolute Gasteiger partial charge is 0.261 e. The van der Waals surface area contributed by atoms with Crippen LogP contribution < -0.4 is 21.7 Å². The summed E-state index contributed by atoms with van der Waals surface area (Å²) in [6, 6.07) is 28.9. The predicted molar refractivity (Wildman–Crippen MR) is 193 cm³/mol. The van der Waals surface area contributed by atoms with Crippen LogP contribution in [0.15, 0.2) is 109 Å². The van der Waals surface area contributed by atoms with Gasteiger partial charge in [0.15, 0.2) is 0 Å². The molecule has 0 radical (unpaired) electrons. The van der Waals surface area contributed by atoms with Gasteiger partial charge < -0.3 is 21.5 Å². The van der Waals surface area contributed by atoms with Crippen molar-refractivity contribution in [2.75, 3.05) is 0 Å². The first-order chi connectivity index (χ1) is 23.6. The number of rotatable bonds is 17. The van der Waals surface area contributed by atoms with Crippen LogP contribution in [0.2, 0.25) is 0 Å². The highest BCUT2D eigenvalue weighted by molar-refractivity contribution is 7.12. The highest BCUT2D eigenvalue weighted by Gasteiger charge is 2.32. The van der Waals surface area contributed by atoms with Crippen LogP contribution >= 0.6 is 11.3 Å². The van der Waals surface area contributed by atoms with Crippen molar-refractivity contribution in [2.45, 2.75) is 70.2 Å². The van der Waals surface area contributed by atoms with Gasteiger partial charge in [-0.15, -0.1) is 11.3 Å². The van der Waals surface area contributed by atoms with Crippen molar-refractivity contribution in [3.63, 3.8) is 0 Å². The standard InChI is InChI=1S/C39H46N4O5S/c1-26(2)21-32(42-39(48)35-19-12-20-49-35)37(46)41-33(24-29-17-10-5-11-18-29)38(47)43-36(45)30(22-27-13-6-3-7-14-27)25-34(44)31(40)23-28-15-8-4-9-16-28/h3-20,26,30-34,44H,21-25,40H2,1-2H3,(H,41,46)(H,42,48)(H,43,45,47)/t30-,31+,32?,33?,34+/m1/s1. The van der Waals surface area contributed by atoms with Crippen LogP contribution in [0, 0.1) is 11.8 Å². The fourth-order valence-corrected chi connectivity index (χ4v) is 6.28. The third-order valence-electron chi connectivity index (χ3n) is 8.27. The zero-order valence-electron chi connectivity index (χ0n) is 28.0. The minimum absolute atomic E-state index is 0.0307. The Bertz CT molecular complexity index is 1620. The van der Waals surface area contributed by atoms with E-state index in [1.54, 1.807) is 17.5 Å². The fourth-order valence-electron chi connectivity index (χ4n) is 5.65. The first-order valence-electron chi connectivity index (χ1n) is 16.6. The summed E-state index contributed by atoms with van der Waals surface area (Å²) in [6.07, 6.45) is 0.179. The quantitative estimate of drug-likeness (QED) is 0.111. The second kappa shape index (κ2) is 18.8. The lowest BCUT2D eigenvalue weighted by molar-refractivity contribution is -0.136. The van der Waals surface area contributed by atoms with E-state index in [0.29, 0.717) is 17.7 Å². The van der Waals surface area contributed by atoms with Crippen molar-refractivity contribution in [3.8, 4) is 0 Å². The lowest BCUT2D eigenvalue weighted by Gasteiger charge is -2.26. The maximum atomic E-state index is 13.8. The van der Waals surface area contributed by atoms with Gasteiger partial charge in [0.2, 0.25) is 17.7 Å². The van der Waals surface area contributed by atoms with Crippen LogP contribution in [0.3, 0.4) is 0 Å². The van der Waals surface area contributed by atoms with Crippen LogP contribution in [0.4, 0.5) is 0 Å². The van der Waals surface area contributed by atoms with E-state index >= 15 is 0 Å². The molecule has 9 nitrogen and oxygen atoms in total. The van der Waals surface area contributed by atoms with Crippen molar-refractivity contribution < 1.29 is 24.3 Å². The molecule has 0 aliphatic heterocycles. The minimum atomic E-state index is -1.12. The molecule has 0 bridgehead atoms. The molecule has 0 saturated heterocycles. The van der Waals surface area contributed by atoms with Gasteiger partial charge in [-0.3, -0.25) is 24.5 Å². The Morgan fingerprint density at radius 1 is 0.653 bits per heavy atom. The molecule has 4 rings (SSSR count). The zero-order chi connectivity index (χ0) is 35.2. The molecule has 0 saturated carbocycles. The monoisotopic (exact) mass is 682 g/mol. The Labute approximate surface area is 292 Å². The number of nitrogens with one attached hydrogen (secondary N) is 3. The number of imide groups is 1. The number of hydrogen-bond donors (Lipinski definition) is 5. The fraction of sp³-hybridized carbons (Fsp3) is 0.333. The summed E-state index contributed by atoms with van der Waals surface area (Å²) < 4.78 is 0. The molecule has 0 aliphatic rings. The molecule has 258 valence electrons. The first kappa shape index (κ1) is 37.2. The van der Waals surface area contributed by atoms with E-state index in [9.17, 15) is 24.3 Å². The van der Waals surface area contributed by atoms with Crippen LogP contribution in [0.5, 0.6) is 0 Å². The second-order valence-electron chi connectivity index (χ2n) is 12.8. The normalized spacial score (nSPS) is 14.2. The van der Waals surface area contributed by atoms with Crippen LogP contribution in [-0.4, -0.2) is 53.0 Å². The number of thiophene rings is 1. The van der Waals surface area contributed by atoms with Crippen molar-refractivity contribution in [3.05, 3.63) is 130 Å². The second-order valence-corrected chi connectivity index (χ2v) is 13.7. The number of carbonyl (C=O) groups is 4. The topological polar surface area (TPSA) is 151 Å². The van der Waals surface area contributed by atoms with E-state index in [0.717, 1.165) is 16.7 Å². The largest absolute Gasteiger partial charge is 0.391 e. The number of aliphatic hydroxyl groups is 1. The number of amides is 4. The molecule has 2 unspecified atom stereocenters. The van der Waals surface area contributed by atoms with E-state index in [4.69, 9.17) is 5.73 Å². The van der Waals surface area contributed by atoms with Gasteiger partial charge >= 0.3 is 0 Å². The molecule has 0 spiro atoms. The van der Waals surface area contributed by atoms with Crippen molar-refractivity contribution >= 4 is 35.0 Å². The molecule has 4 amide bonds. The van der Waals surface area contributed by atoms with Gasteiger partial charge in [0.25, 0.3) is 5.91 Å². The zero-order valence-corrected chi connectivity index (χ0v) is 28.8. The Morgan fingerprint density at radius 2 is 1.20 bits per heavy atom. The van der Waals surface area contributed by atoms with E-state index in [1.807, 2.05) is 105 Å². The molecular formula is C39H46N4O5S. The molecule has 0 fully saturated rings. The van der Waals surface area contributed by atoms with Crippen molar-refractivity contribution in [2.24, 2.45) is 17.6 Å². The van der Waals surface area contributed by atoms with Gasteiger partial charge in [-0.1, -0.05) is 111 Å². The van der Waals surface area contributed by atoms with E-state index in [1.165, 1.54) is 11.3 Å². The Hall–Kier alpha value is -4.64. The summed E-state index contributed by atoms with van der Waals surface area (Å²) in [5.41, 5.74) is 9.00. The molecule has 1 heterocycles. The summed E-state index contributed by atoms with van der Waals surface area (Å²) in [5, 5.41) is 21.1. The average molecular weight is 683 g/mol. The number of benzene rings is 3. The maximum Gasteiger partial charge on any atom is 0.261 e. The van der Waals surface area contributed by atoms with Crippen LogP contribution in [-0.2, 0) is 33.6 Å². The maximum absolute atomic E-state index is 13.8. The number of nitrogens with two attached hydrogens (primary N) is 1. The lowest BCUT2D eigenvalue weighted by atomic mass is 9.89. The Kier molecular flexibility index (Phi) is 14.3. The average Bonchev–Trinajstić information content (AvgIpc) is 3.64. The molecule has 49 heavy (non-hydrogen) atoms. The third-order valence-corrected chi connectivity index (χ3v) is 9.13. The van der Waals surface area contributed by atoms with Gasteiger partial charge in [0.05, 0.1) is 11.0 Å². The van der Waals surface area contributed by atoms with E-state index in [-0.39, 0.29) is 31.1 Å². The summed E-state index contributed by atoms with van der Waals surface area (Å²) >= 11 is 1.27. The minimum Gasteiger partial charge on any atom is -0.391 e. The molecule has 3 aromatic carbocycles. The molecule has 0 aliphatic carbocycles. The highest BCUT2D eigenvalue weighted by atomic mass is 32.1.